The first-order valence-electron chi connectivity index (χ1n) is 2.92. The van der Waals surface area contributed by atoms with Gasteiger partial charge in [-0.25, -0.2) is 4.98 Å². The van der Waals surface area contributed by atoms with Crippen molar-refractivity contribution in [3.63, 3.8) is 0 Å². The average Bonchev–Trinajstić information content (AvgIpc) is 2.50. The monoisotopic (exact) mass is 170 g/mol. The molecule has 1 heterocycles. The van der Waals surface area contributed by atoms with Crippen LogP contribution in [0, 0.1) is 0 Å². The third-order valence-corrected chi connectivity index (χ3v) is 1.54. The molecule has 0 atom stereocenters. The van der Waals surface area contributed by atoms with E-state index < -0.39 is 0 Å². The minimum Gasteiger partial charge on any atom is -0.388 e. The molecule has 0 amide bonds. The molecule has 0 unspecified atom stereocenters. The predicted octanol–water partition coefficient (Wildman–Crippen LogP) is 0.693. The molecule has 11 heavy (non-hydrogen) atoms. The Morgan fingerprint density at radius 3 is 3.36 bits per heavy atom. The maximum Gasteiger partial charge on any atom is 0.172 e. The van der Waals surface area contributed by atoms with Gasteiger partial charge in [-0.2, -0.15) is 0 Å². The lowest BCUT2D eigenvalue weighted by molar-refractivity contribution is -0.111. The SMILES string of the molecule is O=CCO/N=C/c1nccs1. The molecule has 0 saturated carbocycles. The molecular weight excluding hydrogens is 164 g/mol. The highest BCUT2D eigenvalue weighted by Crippen LogP contribution is 1.99. The Morgan fingerprint density at radius 2 is 2.73 bits per heavy atom. The highest BCUT2D eigenvalue weighted by Gasteiger charge is 1.86. The largest absolute Gasteiger partial charge is 0.388 e. The molecule has 1 aromatic rings. The van der Waals surface area contributed by atoms with Gasteiger partial charge in [-0.3, -0.25) is 4.79 Å². The van der Waals surface area contributed by atoms with Crippen molar-refractivity contribution in [3.05, 3.63) is 16.6 Å². The van der Waals surface area contributed by atoms with Gasteiger partial charge in [0.25, 0.3) is 0 Å². The molecular formula is C6H6N2O2S. The second-order valence-electron chi connectivity index (χ2n) is 1.57. The number of hydrogen-bond donors (Lipinski definition) is 0. The summed E-state index contributed by atoms with van der Waals surface area (Å²) in [6.07, 6.45) is 3.78. The van der Waals surface area contributed by atoms with Gasteiger partial charge in [0.15, 0.2) is 12.9 Å². The predicted molar refractivity (Wildman–Crippen MR) is 41.7 cm³/mol. The average molecular weight is 170 g/mol. The summed E-state index contributed by atoms with van der Waals surface area (Å²) >= 11 is 1.45. The molecule has 0 saturated heterocycles. The third kappa shape index (κ3) is 2.90. The molecule has 0 fully saturated rings. The van der Waals surface area contributed by atoms with Gasteiger partial charge in [-0.05, 0) is 0 Å². The number of hydrogen-bond acceptors (Lipinski definition) is 5. The zero-order chi connectivity index (χ0) is 7.94. The molecule has 5 heteroatoms. The lowest BCUT2D eigenvalue weighted by atomic mass is 10.8. The van der Waals surface area contributed by atoms with E-state index in [1.54, 1.807) is 6.20 Å². The molecule has 0 spiro atoms. The fourth-order valence-corrected chi connectivity index (χ4v) is 0.941. The van der Waals surface area contributed by atoms with E-state index in [-0.39, 0.29) is 6.61 Å². The van der Waals surface area contributed by atoms with Crippen LogP contribution in [0.4, 0.5) is 0 Å². The van der Waals surface area contributed by atoms with Crippen molar-refractivity contribution in [3.8, 4) is 0 Å². The van der Waals surface area contributed by atoms with Gasteiger partial charge in [-0.1, -0.05) is 5.16 Å². The van der Waals surface area contributed by atoms with Gasteiger partial charge in [0.1, 0.15) is 11.2 Å². The smallest absolute Gasteiger partial charge is 0.172 e. The van der Waals surface area contributed by atoms with Crippen LogP contribution in [-0.4, -0.2) is 24.1 Å². The minimum absolute atomic E-state index is 0.0120. The summed E-state index contributed by atoms with van der Waals surface area (Å²) in [6, 6.07) is 0. The highest BCUT2D eigenvalue weighted by molar-refractivity contribution is 7.11. The summed E-state index contributed by atoms with van der Waals surface area (Å²) in [5, 5.41) is 6.09. The second-order valence-corrected chi connectivity index (χ2v) is 2.49. The molecule has 0 N–H and O–H groups in total. The molecule has 0 radical (unpaired) electrons. The summed E-state index contributed by atoms with van der Waals surface area (Å²) in [5.74, 6) is 0. The Morgan fingerprint density at radius 1 is 1.82 bits per heavy atom. The first kappa shape index (κ1) is 7.87. The first-order chi connectivity index (χ1) is 5.43. The van der Waals surface area contributed by atoms with Gasteiger partial charge >= 0.3 is 0 Å². The number of carbonyl (C=O) groups is 1. The molecule has 1 aromatic heterocycles. The van der Waals surface area contributed by atoms with Crippen molar-refractivity contribution in [2.45, 2.75) is 0 Å². The standard InChI is InChI=1S/C6H6N2O2S/c9-2-3-10-8-5-6-7-1-4-11-6/h1-2,4-5H,3H2/b8-5+. The molecule has 0 aliphatic rings. The minimum atomic E-state index is -0.0120. The number of nitrogens with zero attached hydrogens (tertiary/aromatic N) is 2. The van der Waals surface area contributed by atoms with Crippen molar-refractivity contribution in [2.75, 3.05) is 6.61 Å². The van der Waals surface area contributed by atoms with E-state index in [2.05, 4.69) is 15.0 Å². The van der Waals surface area contributed by atoms with Crippen molar-refractivity contribution in [2.24, 2.45) is 5.16 Å². The maximum atomic E-state index is 9.75. The van der Waals surface area contributed by atoms with Gasteiger partial charge in [0.05, 0.1) is 0 Å². The van der Waals surface area contributed by atoms with Crippen LogP contribution in [0.1, 0.15) is 5.01 Å². The number of oxime groups is 1. The number of rotatable bonds is 4. The number of carbonyl (C=O) groups excluding carboxylic acids is 1. The molecule has 58 valence electrons. The van der Waals surface area contributed by atoms with Gasteiger partial charge in [0, 0.05) is 11.6 Å². The van der Waals surface area contributed by atoms with Gasteiger partial charge < -0.3 is 4.84 Å². The number of aldehydes is 1. The van der Waals surface area contributed by atoms with Crippen molar-refractivity contribution < 1.29 is 9.63 Å². The van der Waals surface area contributed by atoms with Crippen molar-refractivity contribution in [1.82, 2.24) is 4.98 Å². The Labute approximate surface area is 67.5 Å². The van der Waals surface area contributed by atoms with Crippen LogP contribution < -0.4 is 0 Å². The molecule has 4 nitrogen and oxygen atoms in total. The fourth-order valence-electron chi connectivity index (χ4n) is 0.454. The summed E-state index contributed by atoms with van der Waals surface area (Å²) in [7, 11) is 0. The first-order valence-corrected chi connectivity index (χ1v) is 3.80. The quantitative estimate of drug-likeness (QED) is 0.289. The zero-order valence-electron chi connectivity index (χ0n) is 5.64. The molecule has 0 bridgehead atoms. The summed E-state index contributed by atoms with van der Waals surface area (Å²) < 4.78 is 0. The lowest BCUT2D eigenvalue weighted by Crippen LogP contribution is -1.88. The van der Waals surface area contributed by atoms with E-state index in [9.17, 15) is 4.79 Å². The summed E-state index contributed by atoms with van der Waals surface area (Å²) in [6.45, 7) is -0.0120. The lowest BCUT2D eigenvalue weighted by Gasteiger charge is -1.86. The van der Waals surface area contributed by atoms with Crippen LogP contribution in [-0.2, 0) is 9.63 Å². The van der Waals surface area contributed by atoms with Crippen LogP contribution in [0.2, 0.25) is 0 Å². The molecule has 0 aliphatic carbocycles. The van der Waals surface area contributed by atoms with Gasteiger partial charge in [-0.15, -0.1) is 11.3 Å². The Balaban J connectivity index is 2.31. The Bertz CT molecular complexity index is 233. The number of aromatic nitrogens is 1. The summed E-state index contributed by atoms with van der Waals surface area (Å²) in [4.78, 5) is 18.2. The van der Waals surface area contributed by atoms with Crippen LogP contribution in [0.15, 0.2) is 16.7 Å². The second kappa shape index (κ2) is 4.56. The summed E-state index contributed by atoms with van der Waals surface area (Å²) in [5.41, 5.74) is 0. The van der Waals surface area contributed by atoms with E-state index in [0.717, 1.165) is 5.01 Å². The van der Waals surface area contributed by atoms with Crippen LogP contribution in [0.5, 0.6) is 0 Å². The topological polar surface area (TPSA) is 51.5 Å². The van der Waals surface area contributed by atoms with Crippen molar-refractivity contribution in [1.29, 1.82) is 0 Å². The van der Waals surface area contributed by atoms with Crippen LogP contribution >= 0.6 is 11.3 Å². The normalized spacial score (nSPS) is 10.2. The van der Waals surface area contributed by atoms with Crippen LogP contribution in [0.25, 0.3) is 0 Å². The highest BCUT2D eigenvalue weighted by atomic mass is 32.1. The van der Waals surface area contributed by atoms with Crippen molar-refractivity contribution >= 4 is 23.8 Å². The molecule has 1 rings (SSSR count). The maximum absolute atomic E-state index is 9.75. The van der Waals surface area contributed by atoms with E-state index in [0.29, 0.717) is 6.29 Å². The van der Waals surface area contributed by atoms with Crippen LogP contribution in [0.3, 0.4) is 0 Å². The number of thiazole rings is 1. The van der Waals surface area contributed by atoms with E-state index >= 15 is 0 Å². The molecule has 0 aromatic carbocycles. The fraction of sp³-hybridized carbons (Fsp3) is 0.167. The van der Waals surface area contributed by atoms with E-state index in [1.165, 1.54) is 17.6 Å². The van der Waals surface area contributed by atoms with E-state index in [1.807, 2.05) is 5.38 Å². The third-order valence-electron chi connectivity index (χ3n) is 0.832. The van der Waals surface area contributed by atoms with Gasteiger partial charge in [0.2, 0.25) is 0 Å². The van der Waals surface area contributed by atoms with E-state index in [4.69, 9.17) is 0 Å². The molecule has 0 aliphatic heterocycles. The Hall–Kier alpha value is -1.23. The zero-order valence-corrected chi connectivity index (χ0v) is 6.45. The Kier molecular flexibility index (Phi) is 3.27.